The van der Waals surface area contributed by atoms with E-state index in [0.717, 1.165) is 5.56 Å². The summed E-state index contributed by atoms with van der Waals surface area (Å²) in [4.78, 5) is -0.182. The smallest absolute Gasteiger partial charge is 0.408 e. The summed E-state index contributed by atoms with van der Waals surface area (Å²) >= 11 is 0. The number of rotatable bonds is 6. The van der Waals surface area contributed by atoms with E-state index in [1.807, 2.05) is 6.07 Å². The van der Waals surface area contributed by atoms with E-state index in [0.29, 0.717) is 11.1 Å². The molecule has 0 saturated carbocycles. The molecular weight excluding hydrogens is 393 g/mol. The van der Waals surface area contributed by atoms with Gasteiger partial charge in [0.05, 0.1) is 16.5 Å². The van der Waals surface area contributed by atoms with Crippen molar-refractivity contribution in [2.75, 3.05) is 6.61 Å². The molecule has 28 heavy (non-hydrogen) atoms. The van der Waals surface area contributed by atoms with E-state index in [9.17, 15) is 21.6 Å². The third kappa shape index (κ3) is 5.24. The Labute approximate surface area is 161 Å². The van der Waals surface area contributed by atoms with Crippen LogP contribution >= 0.6 is 0 Å². The maximum atomic E-state index is 13.4. The first-order chi connectivity index (χ1) is 12.9. The molecule has 0 saturated heterocycles. The van der Waals surface area contributed by atoms with Crippen molar-refractivity contribution in [1.82, 2.24) is 4.72 Å². The van der Waals surface area contributed by atoms with Crippen LogP contribution in [0.3, 0.4) is 0 Å². The number of benzene rings is 2. The molecule has 2 aromatic carbocycles. The zero-order valence-electron chi connectivity index (χ0n) is 15.5. The van der Waals surface area contributed by atoms with Gasteiger partial charge in [0.15, 0.2) is 6.04 Å². The summed E-state index contributed by atoms with van der Waals surface area (Å²) in [7, 11) is -4.44. The maximum absolute atomic E-state index is 13.4. The Hall–Kier alpha value is -2.57. The van der Waals surface area contributed by atoms with Gasteiger partial charge in [-0.25, -0.2) is 8.42 Å². The lowest BCUT2D eigenvalue weighted by molar-refractivity contribution is -0.157. The fourth-order valence-corrected chi connectivity index (χ4v) is 4.53. The first-order valence-electron chi connectivity index (χ1n) is 8.24. The summed E-state index contributed by atoms with van der Waals surface area (Å²) in [6, 6.07) is 8.17. The molecule has 9 heteroatoms. The first-order valence-corrected chi connectivity index (χ1v) is 9.72. The quantitative estimate of drug-likeness (QED) is 0.783. The molecule has 1 N–H and O–H groups in total. The van der Waals surface area contributed by atoms with Crippen molar-refractivity contribution in [3.63, 3.8) is 0 Å². The normalized spacial score (nSPS) is 13.0. The fraction of sp³-hybridized carbons (Fsp3) is 0.316. The lowest BCUT2D eigenvalue weighted by Crippen LogP contribution is -2.49. The van der Waals surface area contributed by atoms with Gasteiger partial charge >= 0.3 is 6.18 Å². The minimum Gasteiger partial charge on any atom is -0.492 e. The average Bonchev–Trinajstić information content (AvgIpc) is 2.56. The topological polar surface area (TPSA) is 79.2 Å². The van der Waals surface area contributed by atoms with Crippen LogP contribution in [0.1, 0.15) is 22.3 Å². The highest BCUT2D eigenvalue weighted by molar-refractivity contribution is 7.89. The SMILES string of the molecule is Cc1cc(C)c(S(=O)(=O)NC(COc2cccc(C#N)c2)C(F)(F)F)c(C)c1. The van der Waals surface area contributed by atoms with E-state index >= 15 is 0 Å². The Morgan fingerprint density at radius 2 is 1.75 bits per heavy atom. The number of ether oxygens (including phenoxy) is 1. The van der Waals surface area contributed by atoms with Gasteiger partial charge in [-0.05, 0) is 50.1 Å². The number of hydrogen-bond donors (Lipinski definition) is 1. The van der Waals surface area contributed by atoms with E-state index < -0.39 is 28.8 Å². The monoisotopic (exact) mass is 412 g/mol. The predicted octanol–water partition coefficient (Wildman–Crippen LogP) is 3.77. The van der Waals surface area contributed by atoms with E-state index in [1.165, 1.54) is 38.1 Å². The molecule has 0 spiro atoms. The van der Waals surface area contributed by atoms with Crippen LogP contribution in [0.15, 0.2) is 41.3 Å². The van der Waals surface area contributed by atoms with E-state index in [2.05, 4.69) is 0 Å². The Bertz CT molecular complexity index is 989. The summed E-state index contributed by atoms with van der Waals surface area (Å²) in [5.41, 5.74) is 1.73. The van der Waals surface area contributed by atoms with Crippen LogP contribution in [0.4, 0.5) is 13.2 Å². The second-order valence-electron chi connectivity index (χ2n) is 6.39. The Kier molecular flexibility index (Phi) is 6.37. The molecule has 0 amide bonds. The van der Waals surface area contributed by atoms with Gasteiger partial charge < -0.3 is 4.74 Å². The number of nitrogens with one attached hydrogen (secondary N) is 1. The molecular formula is C19H19F3N2O3S. The molecule has 2 rings (SSSR count). The third-order valence-corrected chi connectivity index (χ3v) is 5.72. The summed E-state index contributed by atoms with van der Waals surface area (Å²) < 4.78 is 72.4. The van der Waals surface area contributed by atoms with Crippen molar-refractivity contribution >= 4 is 10.0 Å². The Balaban J connectivity index is 2.28. The highest BCUT2D eigenvalue weighted by Gasteiger charge is 2.43. The number of alkyl halides is 3. The van der Waals surface area contributed by atoms with Gasteiger partial charge in [0.25, 0.3) is 0 Å². The molecule has 1 unspecified atom stereocenters. The summed E-state index contributed by atoms with van der Waals surface area (Å²) in [5, 5.41) is 8.84. The van der Waals surface area contributed by atoms with Crippen LogP contribution in [0.2, 0.25) is 0 Å². The molecule has 0 aliphatic heterocycles. The number of nitrogens with zero attached hydrogens (tertiary/aromatic N) is 1. The van der Waals surface area contributed by atoms with Crippen LogP contribution in [0.25, 0.3) is 0 Å². The lowest BCUT2D eigenvalue weighted by Gasteiger charge is -2.23. The molecule has 0 fully saturated rings. The van der Waals surface area contributed by atoms with Gasteiger partial charge in [0.1, 0.15) is 12.4 Å². The first kappa shape index (κ1) is 21.7. The zero-order valence-corrected chi connectivity index (χ0v) is 16.3. The molecule has 0 heterocycles. The average molecular weight is 412 g/mol. The van der Waals surface area contributed by atoms with Crippen LogP contribution in [-0.4, -0.2) is 27.2 Å². The number of halogens is 3. The standard InChI is InChI=1S/C19H19F3N2O3S/c1-12-7-13(2)18(14(3)8-12)28(25,26)24-17(19(20,21)22)11-27-16-6-4-5-15(9-16)10-23/h4-9,17,24H,11H2,1-3H3. The molecule has 5 nitrogen and oxygen atoms in total. The van der Waals surface area contributed by atoms with Crippen molar-refractivity contribution in [1.29, 1.82) is 5.26 Å². The van der Waals surface area contributed by atoms with Gasteiger partial charge in [0.2, 0.25) is 10.0 Å². The van der Waals surface area contributed by atoms with Gasteiger partial charge in [-0.1, -0.05) is 23.8 Å². The summed E-state index contributed by atoms with van der Waals surface area (Å²) in [6.07, 6.45) is -4.87. The highest BCUT2D eigenvalue weighted by Crippen LogP contribution is 2.26. The predicted molar refractivity (Wildman–Crippen MR) is 97.5 cm³/mol. The number of nitriles is 1. The number of sulfonamides is 1. The molecule has 150 valence electrons. The van der Waals surface area contributed by atoms with Crippen LogP contribution in [-0.2, 0) is 10.0 Å². The van der Waals surface area contributed by atoms with Gasteiger partial charge in [-0.3, -0.25) is 0 Å². The molecule has 2 aromatic rings. The molecule has 0 aliphatic rings. The lowest BCUT2D eigenvalue weighted by atomic mass is 10.1. The largest absolute Gasteiger partial charge is 0.492 e. The minimum absolute atomic E-state index is 0.0372. The number of aryl methyl sites for hydroxylation is 3. The zero-order chi connectivity index (χ0) is 21.1. The fourth-order valence-electron chi connectivity index (χ4n) is 2.87. The van der Waals surface area contributed by atoms with E-state index in [4.69, 9.17) is 10.00 Å². The van der Waals surface area contributed by atoms with Gasteiger partial charge in [-0.15, -0.1) is 0 Å². The van der Waals surface area contributed by atoms with Crippen molar-refractivity contribution in [3.05, 3.63) is 58.7 Å². The Morgan fingerprint density at radius 3 is 2.29 bits per heavy atom. The second-order valence-corrected chi connectivity index (χ2v) is 8.04. The van der Waals surface area contributed by atoms with E-state index in [-0.39, 0.29) is 16.2 Å². The van der Waals surface area contributed by atoms with Crippen LogP contribution in [0, 0.1) is 32.1 Å². The minimum atomic E-state index is -4.87. The van der Waals surface area contributed by atoms with Crippen molar-refractivity contribution in [3.8, 4) is 11.8 Å². The molecule has 0 aromatic heterocycles. The molecule has 1 atom stereocenters. The summed E-state index contributed by atoms with van der Waals surface area (Å²) in [6.45, 7) is 3.86. The summed E-state index contributed by atoms with van der Waals surface area (Å²) in [5.74, 6) is 0.0372. The number of hydrogen-bond acceptors (Lipinski definition) is 4. The molecule has 0 aliphatic carbocycles. The second kappa shape index (κ2) is 8.20. The van der Waals surface area contributed by atoms with Gasteiger partial charge in [-0.2, -0.15) is 23.2 Å². The van der Waals surface area contributed by atoms with E-state index in [1.54, 1.807) is 23.8 Å². The molecule has 0 bridgehead atoms. The Morgan fingerprint density at radius 1 is 1.14 bits per heavy atom. The van der Waals surface area contributed by atoms with Crippen molar-refractivity contribution < 1.29 is 26.3 Å². The maximum Gasteiger partial charge on any atom is 0.408 e. The third-order valence-electron chi connectivity index (χ3n) is 3.95. The van der Waals surface area contributed by atoms with Crippen molar-refractivity contribution in [2.45, 2.75) is 37.9 Å². The van der Waals surface area contributed by atoms with Crippen LogP contribution < -0.4 is 9.46 Å². The van der Waals surface area contributed by atoms with Crippen LogP contribution in [0.5, 0.6) is 5.75 Å². The van der Waals surface area contributed by atoms with Crippen molar-refractivity contribution in [2.24, 2.45) is 0 Å². The molecule has 0 radical (unpaired) electrons. The van der Waals surface area contributed by atoms with Gasteiger partial charge in [0, 0.05) is 0 Å². The highest BCUT2D eigenvalue weighted by atomic mass is 32.2.